The Morgan fingerprint density at radius 2 is 2.14 bits per heavy atom. The first-order valence-corrected chi connectivity index (χ1v) is 5.03. The van der Waals surface area contributed by atoms with Gasteiger partial charge < -0.3 is 9.47 Å². The van der Waals surface area contributed by atoms with Crippen LogP contribution in [-0.4, -0.2) is 18.5 Å². The van der Waals surface area contributed by atoms with Crippen molar-refractivity contribution in [2.75, 3.05) is 6.61 Å². The van der Waals surface area contributed by atoms with Crippen LogP contribution in [0.4, 0.5) is 0 Å². The zero-order chi connectivity index (χ0) is 10.8. The molecule has 80 valence electrons. The highest BCUT2D eigenvalue weighted by atomic mass is 16.7. The fourth-order valence-corrected chi connectivity index (χ4v) is 1.95. The molecule has 2 atom stereocenters. The quantitative estimate of drug-likeness (QED) is 0.683. The highest BCUT2D eigenvalue weighted by Gasteiger charge is 2.39. The van der Waals surface area contributed by atoms with Crippen LogP contribution >= 0.6 is 0 Å². The lowest BCUT2D eigenvalue weighted by Gasteiger charge is -2.30. The van der Waals surface area contributed by atoms with Crippen LogP contribution in [-0.2, 0) is 9.47 Å². The van der Waals surface area contributed by atoms with Crippen molar-refractivity contribution < 1.29 is 9.47 Å². The van der Waals surface area contributed by atoms with Gasteiger partial charge in [0.1, 0.15) is 0 Å². The normalized spacial score (nSPS) is 32.9. The summed E-state index contributed by atoms with van der Waals surface area (Å²) in [5.41, 5.74) is 0.177. The van der Waals surface area contributed by atoms with E-state index in [0.717, 1.165) is 6.42 Å². The Labute approximate surface area is 86.0 Å². The van der Waals surface area contributed by atoms with Crippen LogP contribution in [0, 0.1) is 16.7 Å². The molecule has 1 rings (SSSR count). The van der Waals surface area contributed by atoms with Crippen LogP contribution in [0.5, 0.6) is 0 Å². The van der Waals surface area contributed by atoms with Crippen molar-refractivity contribution in [3.63, 3.8) is 0 Å². The molecule has 1 heterocycles. The fraction of sp³-hybridized carbons (Fsp3) is 0.909. The average Bonchev–Trinajstić information content (AvgIpc) is 2.28. The summed E-state index contributed by atoms with van der Waals surface area (Å²) in [5.74, 6) is -0.500. The molecule has 2 unspecified atom stereocenters. The summed E-state index contributed by atoms with van der Waals surface area (Å²) in [6, 6.07) is 2.11. The topological polar surface area (TPSA) is 42.2 Å². The van der Waals surface area contributed by atoms with Gasteiger partial charge in [0.2, 0.25) is 0 Å². The molecule has 1 aliphatic rings. The van der Waals surface area contributed by atoms with Gasteiger partial charge in [-0.25, -0.2) is 0 Å². The molecular weight excluding hydrogens is 178 g/mol. The third-order valence-electron chi connectivity index (χ3n) is 2.16. The van der Waals surface area contributed by atoms with Crippen molar-refractivity contribution in [2.45, 2.75) is 52.4 Å². The molecule has 0 saturated carbocycles. The van der Waals surface area contributed by atoms with Crippen molar-refractivity contribution in [3.05, 3.63) is 0 Å². The first-order valence-electron chi connectivity index (χ1n) is 5.03. The second kappa shape index (κ2) is 3.88. The van der Waals surface area contributed by atoms with Crippen LogP contribution in [0.1, 0.15) is 40.5 Å². The molecular formula is C11H19NO2. The molecule has 3 heteroatoms. The van der Waals surface area contributed by atoms with Gasteiger partial charge in [0.25, 0.3) is 0 Å². The van der Waals surface area contributed by atoms with E-state index in [1.807, 2.05) is 6.92 Å². The summed E-state index contributed by atoms with van der Waals surface area (Å²) in [7, 11) is 0. The second-order valence-corrected chi connectivity index (χ2v) is 5.28. The van der Waals surface area contributed by atoms with Crippen molar-refractivity contribution in [1.82, 2.24) is 0 Å². The van der Waals surface area contributed by atoms with E-state index in [-0.39, 0.29) is 11.5 Å². The Bertz CT molecular complexity index is 239. The van der Waals surface area contributed by atoms with Crippen molar-refractivity contribution in [1.29, 1.82) is 5.26 Å². The van der Waals surface area contributed by atoms with Gasteiger partial charge in [-0.3, -0.25) is 0 Å². The first kappa shape index (κ1) is 11.5. The van der Waals surface area contributed by atoms with Crippen molar-refractivity contribution in [3.8, 4) is 6.07 Å². The number of nitrogens with zero attached hydrogens (tertiary/aromatic N) is 1. The zero-order valence-corrected chi connectivity index (χ0v) is 9.46. The van der Waals surface area contributed by atoms with Gasteiger partial charge in [-0.05, 0) is 12.3 Å². The molecule has 0 aliphatic carbocycles. The van der Waals surface area contributed by atoms with Crippen LogP contribution in [0.3, 0.4) is 0 Å². The zero-order valence-electron chi connectivity index (χ0n) is 9.46. The number of nitriles is 1. The van der Waals surface area contributed by atoms with Crippen molar-refractivity contribution >= 4 is 0 Å². The Morgan fingerprint density at radius 3 is 2.64 bits per heavy atom. The highest BCUT2D eigenvalue weighted by Crippen LogP contribution is 2.35. The SMILES string of the molecule is CC(C)(C)CC1(C)OCC(CC#N)O1. The monoisotopic (exact) mass is 197 g/mol. The van der Waals surface area contributed by atoms with Crippen molar-refractivity contribution in [2.24, 2.45) is 5.41 Å². The van der Waals surface area contributed by atoms with E-state index in [9.17, 15) is 0 Å². The Hall–Kier alpha value is -0.590. The minimum atomic E-state index is -0.500. The van der Waals surface area contributed by atoms with Gasteiger partial charge in [-0.15, -0.1) is 0 Å². The third-order valence-corrected chi connectivity index (χ3v) is 2.16. The number of hydrogen-bond acceptors (Lipinski definition) is 3. The lowest BCUT2D eigenvalue weighted by atomic mass is 9.88. The van der Waals surface area contributed by atoms with Gasteiger partial charge >= 0.3 is 0 Å². The first-order chi connectivity index (χ1) is 6.35. The van der Waals surface area contributed by atoms with Gasteiger partial charge in [0.15, 0.2) is 5.79 Å². The minimum Gasteiger partial charge on any atom is -0.347 e. The maximum Gasteiger partial charge on any atom is 0.166 e. The molecule has 0 aromatic carbocycles. The molecule has 0 aromatic rings. The van der Waals surface area contributed by atoms with E-state index < -0.39 is 5.79 Å². The largest absolute Gasteiger partial charge is 0.347 e. The van der Waals surface area contributed by atoms with E-state index in [4.69, 9.17) is 14.7 Å². The molecule has 0 radical (unpaired) electrons. The molecule has 0 spiro atoms. The number of rotatable bonds is 2. The molecule has 1 saturated heterocycles. The number of ether oxygens (including phenoxy) is 2. The lowest BCUT2D eigenvalue weighted by Crippen LogP contribution is -2.32. The maximum atomic E-state index is 8.54. The molecule has 0 amide bonds. The summed E-state index contributed by atoms with van der Waals surface area (Å²) >= 11 is 0. The maximum absolute atomic E-state index is 8.54. The minimum absolute atomic E-state index is 0.0488. The Balaban J connectivity index is 2.50. The van der Waals surface area contributed by atoms with E-state index in [2.05, 4.69) is 26.8 Å². The van der Waals surface area contributed by atoms with E-state index in [0.29, 0.717) is 13.0 Å². The van der Waals surface area contributed by atoms with E-state index >= 15 is 0 Å². The summed E-state index contributed by atoms with van der Waals surface area (Å²) in [6.45, 7) is 8.96. The molecule has 14 heavy (non-hydrogen) atoms. The smallest absolute Gasteiger partial charge is 0.166 e. The molecule has 3 nitrogen and oxygen atoms in total. The van der Waals surface area contributed by atoms with Gasteiger partial charge in [0.05, 0.1) is 25.2 Å². The van der Waals surface area contributed by atoms with Crippen LogP contribution < -0.4 is 0 Å². The van der Waals surface area contributed by atoms with Crippen LogP contribution in [0.25, 0.3) is 0 Å². The number of hydrogen-bond donors (Lipinski definition) is 0. The van der Waals surface area contributed by atoms with Crippen LogP contribution in [0.15, 0.2) is 0 Å². The molecule has 0 N–H and O–H groups in total. The summed E-state index contributed by atoms with van der Waals surface area (Å²) < 4.78 is 11.3. The van der Waals surface area contributed by atoms with Gasteiger partial charge in [-0.1, -0.05) is 20.8 Å². The van der Waals surface area contributed by atoms with E-state index in [1.54, 1.807) is 0 Å². The second-order valence-electron chi connectivity index (χ2n) is 5.28. The molecule has 0 aromatic heterocycles. The third kappa shape index (κ3) is 3.28. The Kier molecular flexibility index (Phi) is 3.18. The molecule has 1 aliphatic heterocycles. The highest BCUT2D eigenvalue weighted by molar-refractivity contribution is 4.85. The van der Waals surface area contributed by atoms with Crippen LogP contribution in [0.2, 0.25) is 0 Å². The van der Waals surface area contributed by atoms with E-state index in [1.165, 1.54) is 0 Å². The van der Waals surface area contributed by atoms with Gasteiger partial charge in [0, 0.05) is 6.42 Å². The standard InChI is InChI=1S/C11H19NO2/c1-10(2,3)8-11(4)13-7-9(14-11)5-6-12/h9H,5,7-8H2,1-4H3. The molecule has 1 fully saturated rings. The Morgan fingerprint density at radius 1 is 1.50 bits per heavy atom. The summed E-state index contributed by atoms with van der Waals surface area (Å²) in [5, 5.41) is 8.54. The predicted molar refractivity (Wildman–Crippen MR) is 53.5 cm³/mol. The fourth-order valence-electron chi connectivity index (χ4n) is 1.95. The van der Waals surface area contributed by atoms with Gasteiger partial charge in [-0.2, -0.15) is 5.26 Å². The molecule has 0 bridgehead atoms. The summed E-state index contributed by atoms with van der Waals surface area (Å²) in [4.78, 5) is 0. The predicted octanol–water partition coefficient (Wildman–Crippen LogP) is 2.47. The average molecular weight is 197 g/mol. The lowest BCUT2D eigenvalue weighted by molar-refractivity contribution is -0.172. The summed E-state index contributed by atoms with van der Waals surface area (Å²) in [6.07, 6.45) is 1.22.